The molecule has 0 fully saturated rings. The Kier molecular flexibility index (Phi) is 4.89. The number of nitrogens with zero attached hydrogens (tertiary/aromatic N) is 1. The predicted molar refractivity (Wildman–Crippen MR) is 61.3 cm³/mol. The van der Waals surface area contributed by atoms with Crippen molar-refractivity contribution in [1.29, 1.82) is 5.26 Å². The van der Waals surface area contributed by atoms with Crippen LogP contribution in [0.15, 0.2) is 12.1 Å². The Morgan fingerprint density at radius 3 is 2.69 bits per heavy atom. The zero-order valence-corrected chi connectivity index (χ0v) is 10.5. The van der Waals surface area contributed by atoms with Crippen molar-refractivity contribution in [2.75, 3.05) is 13.9 Å². The summed E-state index contributed by atoms with van der Waals surface area (Å²) in [6.07, 6.45) is -2.69. The van der Waals surface area contributed by atoms with Crippen molar-refractivity contribution >= 4 is 22.6 Å². The molecule has 0 aliphatic carbocycles. The molecule has 1 aromatic carbocycles. The zero-order valence-electron chi connectivity index (χ0n) is 8.34. The first kappa shape index (κ1) is 13.1. The Balaban J connectivity index is 3.18. The minimum absolute atomic E-state index is 0.0662. The number of hydrogen-bond donors (Lipinski definition) is 0. The molecule has 0 amide bonds. The van der Waals surface area contributed by atoms with E-state index in [-0.39, 0.29) is 23.7 Å². The molecule has 0 radical (unpaired) electrons. The summed E-state index contributed by atoms with van der Waals surface area (Å²) in [5.41, 5.74) is -0.107. The van der Waals surface area contributed by atoms with Gasteiger partial charge in [-0.2, -0.15) is 5.26 Å². The lowest BCUT2D eigenvalue weighted by molar-refractivity contribution is 0.0460. The standard InChI is InChI=1S/C10H8F2INO2/c1-15-5-16-9-7(10(11)12)2-6(4-14)3-8(9)13/h2-3,10H,5H2,1H3. The van der Waals surface area contributed by atoms with Gasteiger partial charge in [-0.1, -0.05) is 0 Å². The Morgan fingerprint density at radius 1 is 1.50 bits per heavy atom. The third-order valence-electron chi connectivity index (χ3n) is 1.76. The summed E-state index contributed by atoms with van der Waals surface area (Å²) >= 11 is 1.84. The first-order chi connectivity index (χ1) is 7.60. The quantitative estimate of drug-likeness (QED) is 0.625. The molecule has 0 saturated heterocycles. The highest BCUT2D eigenvalue weighted by Crippen LogP contribution is 2.34. The molecule has 0 aliphatic heterocycles. The Labute approximate surface area is 105 Å². The van der Waals surface area contributed by atoms with Crippen LogP contribution in [0.25, 0.3) is 0 Å². The van der Waals surface area contributed by atoms with Gasteiger partial charge in [-0.05, 0) is 34.7 Å². The van der Waals surface area contributed by atoms with Crippen molar-refractivity contribution in [2.24, 2.45) is 0 Å². The molecule has 0 saturated carbocycles. The van der Waals surface area contributed by atoms with E-state index in [0.717, 1.165) is 6.07 Å². The van der Waals surface area contributed by atoms with Crippen molar-refractivity contribution in [3.05, 3.63) is 26.8 Å². The number of alkyl halides is 2. The van der Waals surface area contributed by atoms with Gasteiger partial charge >= 0.3 is 0 Å². The maximum Gasteiger partial charge on any atom is 0.267 e. The van der Waals surface area contributed by atoms with E-state index in [1.54, 1.807) is 0 Å². The van der Waals surface area contributed by atoms with Gasteiger partial charge in [-0.3, -0.25) is 0 Å². The van der Waals surface area contributed by atoms with Crippen LogP contribution in [0.1, 0.15) is 17.6 Å². The van der Waals surface area contributed by atoms with Gasteiger partial charge in [0.2, 0.25) is 0 Å². The van der Waals surface area contributed by atoms with Crippen LogP contribution in [0.5, 0.6) is 5.75 Å². The maximum atomic E-state index is 12.7. The molecule has 0 aromatic heterocycles. The summed E-state index contributed by atoms with van der Waals surface area (Å²) in [7, 11) is 1.40. The fourth-order valence-corrected chi connectivity index (χ4v) is 1.91. The molecule has 0 aliphatic rings. The van der Waals surface area contributed by atoms with Crippen LogP contribution >= 0.6 is 22.6 Å². The molecule has 0 heterocycles. The summed E-state index contributed by atoms with van der Waals surface area (Å²) in [6.45, 7) is -0.110. The maximum absolute atomic E-state index is 12.7. The zero-order chi connectivity index (χ0) is 12.1. The fourth-order valence-electron chi connectivity index (χ4n) is 1.11. The van der Waals surface area contributed by atoms with Crippen molar-refractivity contribution in [3.8, 4) is 11.8 Å². The number of nitriles is 1. The van der Waals surface area contributed by atoms with Gasteiger partial charge < -0.3 is 9.47 Å². The average molecular weight is 339 g/mol. The molecular weight excluding hydrogens is 331 g/mol. The third kappa shape index (κ3) is 3.02. The molecule has 3 nitrogen and oxygen atoms in total. The van der Waals surface area contributed by atoms with E-state index in [0.29, 0.717) is 3.57 Å². The van der Waals surface area contributed by atoms with Crippen LogP contribution in [0.2, 0.25) is 0 Å². The number of methoxy groups -OCH3 is 1. The van der Waals surface area contributed by atoms with Crippen molar-refractivity contribution in [1.82, 2.24) is 0 Å². The van der Waals surface area contributed by atoms with E-state index in [4.69, 9.17) is 10.00 Å². The van der Waals surface area contributed by atoms with E-state index in [9.17, 15) is 8.78 Å². The number of hydrogen-bond acceptors (Lipinski definition) is 3. The third-order valence-corrected chi connectivity index (χ3v) is 2.56. The number of halogens is 3. The molecule has 1 rings (SSSR count). The highest BCUT2D eigenvalue weighted by Gasteiger charge is 2.18. The molecule has 6 heteroatoms. The second-order valence-corrected chi connectivity index (χ2v) is 4.00. The Hall–Kier alpha value is -0.940. The van der Waals surface area contributed by atoms with Crippen molar-refractivity contribution in [3.63, 3.8) is 0 Å². The summed E-state index contributed by atoms with van der Waals surface area (Å²) in [4.78, 5) is 0. The summed E-state index contributed by atoms with van der Waals surface area (Å²) in [5.74, 6) is 0.0662. The highest BCUT2D eigenvalue weighted by atomic mass is 127. The number of benzene rings is 1. The lowest BCUT2D eigenvalue weighted by atomic mass is 10.1. The lowest BCUT2D eigenvalue weighted by Crippen LogP contribution is -2.04. The average Bonchev–Trinajstić information content (AvgIpc) is 2.26. The van der Waals surface area contributed by atoms with Gasteiger partial charge in [0.1, 0.15) is 5.75 Å². The molecule has 0 spiro atoms. The summed E-state index contributed by atoms with van der Waals surface area (Å²) in [6, 6.07) is 4.43. The number of ether oxygens (including phenoxy) is 2. The molecule has 0 unspecified atom stereocenters. The van der Waals surface area contributed by atoms with E-state index in [1.807, 2.05) is 28.7 Å². The van der Waals surface area contributed by atoms with E-state index in [1.165, 1.54) is 13.2 Å². The van der Waals surface area contributed by atoms with Gasteiger partial charge in [0.15, 0.2) is 6.79 Å². The Bertz CT molecular complexity index is 418. The first-order valence-corrected chi connectivity index (χ1v) is 5.31. The minimum atomic E-state index is -2.69. The van der Waals surface area contributed by atoms with Gasteiger partial charge in [-0.15, -0.1) is 0 Å². The van der Waals surface area contributed by atoms with Gasteiger partial charge in [0.25, 0.3) is 6.43 Å². The van der Waals surface area contributed by atoms with Crippen LogP contribution in [-0.4, -0.2) is 13.9 Å². The van der Waals surface area contributed by atoms with Crippen molar-refractivity contribution < 1.29 is 18.3 Å². The van der Waals surface area contributed by atoms with E-state index >= 15 is 0 Å². The van der Waals surface area contributed by atoms with Crippen molar-refractivity contribution in [2.45, 2.75) is 6.43 Å². The largest absolute Gasteiger partial charge is 0.466 e. The van der Waals surface area contributed by atoms with Gasteiger partial charge in [0.05, 0.1) is 20.8 Å². The van der Waals surface area contributed by atoms with Gasteiger partial charge in [0, 0.05) is 7.11 Å². The minimum Gasteiger partial charge on any atom is -0.466 e. The van der Waals surface area contributed by atoms with Crippen LogP contribution in [0.4, 0.5) is 8.78 Å². The Morgan fingerprint density at radius 2 is 2.19 bits per heavy atom. The normalized spacial score (nSPS) is 10.2. The first-order valence-electron chi connectivity index (χ1n) is 4.23. The number of rotatable bonds is 4. The SMILES string of the molecule is COCOc1c(I)cc(C#N)cc1C(F)F. The van der Waals surface area contributed by atoms with Crippen LogP contribution in [0.3, 0.4) is 0 Å². The van der Waals surface area contributed by atoms with E-state index < -0.39 is 6.43 Å². The molecule has 0 atom stereocenters. The topological polar surface area (TPSA) is 42.2 Å². The molecule has 0 N–H and O–H groups in total. The monoisotopic (exact) mass is 339 g/mol. The second-order valence-electron chi connectivity index (χ2n) is 2.84. The second kappa shape index (κ2) is 5.96. The summed E-state index contributed by atoms with van der Waals surface area (Å²) < 4.78 is 35.6. The van der Waals surface area contributed by atoms with E-state index in [2.05, 4.69) is 4.74 Å². The molecular formula is C10H8F2INO2. The predicted octanol–water partition coefficient (Wildman–Crippen LogP) is 3.08. The summed E-state index contributed by atoms with van der Waals surface area (Å²) in [5, 5.41) is 8.67. The molecule has 1 aromatic rings. The smallest absolute Gasteiger partial charge is 0.267 e. The van der Waals surface area contributed by atoms with Crippen LogP contribution < -0.4 is 4.74 Å². The van der Waals surface area contributed by atoms with Gasteiger partial charge in [-0.25, -0.2) is 8.78 Å². The molecule has 86 valence electrons. The molecule has 16 heavy (non-hydrogen) atoms. The lowest BCUT2D eigenvalue weighted by Gasteiger charge is -2.12. The molecule has 0 bridgehead atoms. The van der Waals surface area contributed by atoms with Crippen LogP contribution in [-0.2, 0) is 4.74 Å². The fraction of sp³-hybridized carbons (Fsp3) is 0.300. The highest BCUT2D eigenvalue weighted by molar-refractivity contribution is 14.1. The van der Waals surface area contributed by atoms with Crippen LogP contribution in [0, 0.1) is 14.9 Å².